The van der Waals surface area contributed by atoms with Crippen molar-refractivity contribution in [2.45, 2.75) is 26.7 Å². The van der Waals surface area contributed by atoms with Gasteiger partial charge < -0.3 is 25.3 Å². The molecule has 0 rings (SSSR count). The van der Waals surface area contributed by atoms with E-state index in [0.29, 0.717) is 0 Å². The Hall–Kier alpha value is 0.0500. The lowest BCUT2D eigenvalue weighted by Gasteiger charge is -2.22. The minimum Gasteiger partial charge on any atom is -0.395 e. The predicted molar refractivity (Wildman–Crippen MR) is 112 cm³/mol. The number of nitrogens with one attached hydrogen (secondary N) is 1. The maximum absolute atomic E-state index is 8.77. The van der Waals surface area contributed by atoms with Gasteiger partial charge in [-0.1, -0.05) is 13.8 Å². The van der Waals surface area contributed by atoms with Crippen molar-refractivity contribution in [2.75, 3.05) is 93.1 Å². The van der Waals surface area contributed by atoms with E-state index in [9.17, 15) is 0 Å². The fourth-order valence-corrected chi connectivity index (χ4v) is 2.02. The van der Waals surface area contributed by atoms with Crippen LogP contribution in [-0.2, 0) is 0 Å². The third-order valence-corrected chi connectivity index (χ3v) is 3.24. The van der Waals surface area contributed by atoms with E-state index in [1.165, 1.54) is 0 Å². The van der Waals surface area contributed by atoms with Crippen LogP contribution in [0.25, 0.3) is 0 Å². The molecule has 0 atom stereocenters. The Labute approximate surface area is 162 Å². The highest BCUT2D eigenvalue weighted by molar-refractivity contribution is 6.18. The first-order valence-corrected chi connectivity index (χ1v) is 9.93. The van der Waals surface area contributed by atoms with Crippen LogP contribution in [0, 0.1) is 0 Å². The van der Waals surface area contributed by atoms with Crippen LogP contribution < -0.4 is 5.32 Å². The van der Waals surface area contributed by atoms with Gasteiger partial charge in [0, 0.05) is 38.6 Å². The highest BCUT2D eigenvalue weighted by Crippen LogP contribution is 1.90. The van der Waals surface area contributed by atoms with Crippen LogP contribution in [-0.4, -0.2) is 118 Å². The summed E-state index contributed by atoms with van der Waals surface area (Å²) in [6, 6.07) is 0. The Balaban J connectivity index is -0.000000317. The van der Waals surface area contributed by atoms with Crippen molar-refractivity contribution in [1.29, 1.82) is 0 Å². The third-order valence-electron chi connectivity index (χ3n) is 3.07. The van der Waals surface area contributed by atoms with Gasteiger partial charge >= 0.3 is 0 Å². The molecule has 0 heterocycles. The van der Waals surface area contributed by atoms with Crippen molar-refractivity contribution in [2.24, 2.45) is 0 Å². The lowest BCUT2D eigenvalue weighted by Crippen LogP contribution is -2.34. The van der Waals surface area contributed by atoms with Crippen LogP contribution in [0.2, 0.25) is 0 Å². The lowest BCUT2D eigenvalue weighted by atomic mass is 10.4. The van der Waals surface area contributed by atoms with E-state index in [4.69, 9.17) is 21.8 Å². The summed E-state index contributed by atoms with van der Waals surface area (Å²) in [6.45, 7) is 11.5. The van der Waals surface area contributed by atoms with Gasteiger partial charge in [-0.2, -0.15) is 0 Å². The zero-order valence-corrected chi connectivity index (χ0v) is 18.4. The molecule has 0 aliphatic rings. The molecule has 0 spiro atoms. The lowest BCUT2D eigenvalue weighted by molar-refractivity contribution is 0.183. The molecule has 0 radical (unpaired) electrons. The number of rotatable bonds is 13. The van der Waals surface area contributed by atoms with Gasteiger partial charge in [0.2, 0.25) is 0 Å². The van der Waals surface area contributed by atoms with Gasteiger partial charge in [0.15, 0.2) is 0 Å². The first-order valence-electron chi connectivity index (χ1n) is 9.39. The van der Waals surface area contributed by atoms with Crippen LogP contribution in [0.1, 0.15) is 26.7 Å². The summed E-state index contributed by atoms with van der Waals surface area (Å²) >= 11 is 5.35. The second-order valence-electron chi connectivity index (χ2n) is 6.33. The molecule has 0 bridgehead atoms. The van der Waals surface area contributed by atoms with Crippen molar-refractivity contribution in [3.05, 3.63) is 0 Å². The maximum atomic E-state index is 8.77. The number of aliphatic hydroxyl groups is 2. The molecule has 0 saturated heterocycles. The summed E-state index contributed by atoms with van der Waals surface area (Å²) in [5.41, 5.74) is 0. The summed E-state index contributed by atoms with van der Waals surface area (Å²) in [7, 11) is 8.15. The zero-order chi connectivity index (χ0) is 19.9. The van der Waals surface area contributed by atoms with Gasteiger partial charge in [0.1, 0.15) is 0 Å². The summed E-state index contributed by atoms with van der Waals surface area (Å²) in [5.74, 6) is 0.729. The minimum atomic E-state index is 0.250. The van der Waals surface area contributed by atoms with Crippen molar-refractivity contribution in [3.8, 4) is 0 Å². The monoisotopic (exact) mass is 384 g/mol. The van der Waals surface area contributed by atoms with Gasteiger partial charge in [-0.05, 0) is 54.1 Å². The number of likely N-dealkylation sites (N-methyl/N-ethyl adjacent to an activating group) is 1. The summed E-state index contributed by atoms with van der Waals surface area (Å²) in [4.78, 5) is 6.51. The Morgan fingerprint density at radius 2 is 1.32 bits per heavy atom. The Morgan fingerprint density at radius 3 is 1.64 bits per heavy atom. The van der Waals surface area contributed by atoms with Gasteiger partial charge in [-0.25, -0.2) is 0 Å². The van der Waals surface area contributed by atoms with Crippen LogP contribution in [0.5, 0.6) is 0 Å². The maximum Gasteiger partial charge on any atom is 0.0558 e. The normalized spacial score (nSPS) is 10.6. The second-order valence-corrected chi connectivity index (χ2v) is 6.71. The first kappa shape index (κ1) is 29.8. The SMILES string of the molecule is CCCN(CCO)CCN(C)C.CCCNCCO.CN(C)CCCl. The molecule has 3 N–H and O–H groups in total. The van der Waals surface area contributed by atoms with Crippen molar-refractivity contribution < 1.29 is 10.2 Å². The molecule has 0 unspecified atom stereocenters. The predicted octanol–water partition coefficient (Wildman–Crippen LogP) is 1.02. The van der Waals surface area contributed by atoms with Crippen LogP contribution in [0.15, 0.2) is 0 Å². The average molecular weight is 385 g/mol. The molecule has 25 heavy (non-hydrogen) atoms. The molecule has 0 aromatic heterocycles. The fourth-order valence-electron chi connectivity index (χ4n) is 1.68. The largest absolute Gasteiger partial charge is 0.395 e. The van der Waals surface area contributed by atoms with E-state index in [2.05, 4.69) is 43.1 Å². The summed E-state index contributed by atoms with van der Waals surface area (Å²) < 4.78 is 0. The molecule has 156 valence electrons. The number of nitrogens with zero attached hydrogens (tertiary/aromatic N) is 3. The van der Waals surface area contributed by atoms with E-state index in [0.717, 1.165) is 64.5 Å². The highest BCUT2D eigenvalue weighted by atomic mass is 35.5. The van der Waals surface area contributed by atoms with E-state index < -0.39 is 0 Å². The van der Waals surface area contributed by atoms with Gasteiger partial charge in [0.25, 0.3) is 0 Å². The molecule has 0 aromatic carbocycles. The second kappa shape index (κ2) is 26.3. The van der Waals surface area contributed by atoms with Gasteiger partial charge in [0.05, 0.1) is 13.2 Å². The molecule has 0 aromatic rings. The van der Waals surface area contributed by atoms with Crippen LogP contribution in [0.4, 0.5) is 0 Å². The smallest absolute Gasteiger partial charge is 0.0558 e. The van der Waals surface area contributed by atoms with Crippen LogP contribution >= 0.6 is 11.6 Å². The topological polar surface area (TPSA) is 62.2 Å². The molecule has 0 aliphatic heterocycles. The van der Waals surface area contributed by atoms with Crippen molar-refractivity contribution >= 4 is 11.6 Å². The molecule has 6 nitrogen and oxygen atoms in total. The summed E-state index contributed by atoms with van der Waals surface area (Å²) in [5, 5.41) is 20.0. The number of hydrogen-bond acceptors (Lipinski definition) is 6. The molecule has 0 amide bonds. The molecule has 7 heteroatoms. The zero-order valence-electron chi connectivity index (χ0n) is 17.6. The minimum absolute atomic E-state index is 0.250. The number of aliphatic hydroxyl groups excluding tert-OH is 2. The van der Waals surface area contributed by atoms with Gasteiger partial charge in [-0.15, -0.1) is 11.6 Å². The van der Waals surface area contributed by atoms with E-state index in [1.807, 2.05) is 19.0 Å². The van der Waals surface area contributed by atoms with E-state index in [-0.39, 0.29) is 13.2 Å². The molecular formula is C18H45ClN4O2. The van der Waals surface area contributed by atoms with E-state index >= 15 is 0 Å². The fraction of sp³-hybridized carbons (Fsp3) is 1.00. The Bertz CT molecular complexity index is 213. The molecule has 0 fully saturated rings. The Kier molecular flexibility index (Phi) is 31.3. The van der Waals surface area contributed by atoms with Crippen molar-refractivity contribution in [3.63, 3.8) is 0 Å². The number of halogens is 1. The molecular weight excluding hydrogens is 340 g/mol. The van der Waals surface area contributed by atoms with Crippen molar-refractivity contribution in [1.82, 2.24) is 20.0 Å². The number of hydrogen-bond donors (Lipinski definition) is 3. The average Bonchev–Trinajstić information content (AvgIpc) is 2.54. The van der Waals surface area contributed by atoms with Gasteiger partial charge in [-0.3, -0.25) is 4.90 Å². The summed E-state index contributed by atoms with van der Waals surface area (Å²) in [6.07, 6.45) is 2.30. The highest BCUT2D eigenvalue weighted by Gasteiger charge is 2.02. The van der Waals surface area contributed by atoms with E-state index in [1.54, 1.807) is 0 Å². The number of alkyl halides is 1. The molecule has 0 aliphatic carbocycles. The third kappa shape index (κ3) is 35.9. The first-order chi connectivity index (χ1) is 11.9. The Morgan fingerprint density at radius 1 is 0.720 bits per heavy atom. The quantitative estimate of drug-likeness (QED) is 0.325. The molecule has 0 saturated carbocycles. The standard InChI is InChI=1S/C9H22N2O.C5H13NO.C4H10ClN/c1-4-5-11(8-9-12)7-6-10(2)3;1-2-3-6-4-5-7;1-6(2)4-3-5/h12H,4-9H2,1-3H3;6-7H,2-5H2,1H3;3-4H2,1-2H3. The van der Waals surface area contributed by atoms with Crippen LogP contribution in [0.3, 0.4) is 0 Å².